The summed E-state index contributed by atoms with van der Waals surface area (Å²) < 4.78 is 0. The van der Waals surface area contributed by atoms with E-state index in [-0.39, 0.29) is 11.8 Å². The van der Waals surface area contributed by atoms with Crippen molar-refractivity contribution in [2.75, 3.05) is 6.54 Å². The summed E-state index contributed by atoms with van der Waals surface area (Å²) in [5, 5.41) is 23.5. The number of hydrogen-bond acceptors (Lipinski definition) is 3. The Morgan fingerprint density at radius 2 is 2.26 bits per heavy atom. The third kappa shape index (κ3) is 3.95. The van der Waals surface area contributed by atoms with Crippen LogP contribution in [0.25, 0.3) is 0 Å². The average Bonchev–Trinajstić information content (AvgIpc) is 2.36. The molecule has 3 unspecified atom stereocenters. The molecular formula is C16H25NO2. The Morgan fingerprint density at radius 1 is 1.47 bits per heavy atom. The first kappa shape index (κ1) is 14.4. The smallest absolute Gasteiger partial charge is 0.115 e. The maximum atomic E-state index is 10.6. The number of phenols is 1. The lowest BCUT2D eigenvalue weighted by Crippen LogP contribution is -2.44. The lowest BCUT2D eigenvalue weighted by atomic mass is 9.79. The summed E-state index contributed by atoms with van der Waals surface area (Å²) in [5.41, 5.74) is 0.482. The molecule has 0 bridgehead atoms. The van der Waals surface area contributed by atoms with E-state index < -0.39 is 5.60 Å². The van der Waals surface area contributed by atoms with Crippen LogP contribution in [-0.4, -0.2) is 22.4 Å². The molecular weight excluding hydrogens is 238 g/mol. The maximum Gasteiger partial charge on any atom is 0.115 e. The van der Waals surface area contributed by atoms with Gasteiger partial charge in [-0.05, 0) is 43.4 Å². The van der Waals surface area contributed by atoms with Crippen molar-refractivity contribution >= 4 is 0 Å². The van der Waals surface area contributed by atoms with E-state index in [0.717, 1.165) is 24.8 Å². The van der Waals surface area contributed by atoms with Crippen molar-refractivity contribution in [1.82, 2.24) is 5.32 Å². The second-order valence-electron chi connectivity index (χ2n) is 6.12. The number of phenolic OH excluding ortho intramolecular Hbond substituents is 1. The highest BCUT2D eigenvalue weighted by Crippen LogP contribution is 2.32. The van der Waals surface area contributed by atoms with Crippen LogP contribution in [0.4, 0.5) is 0 Å². The summed E-state index contributed by atoms with van der Waals surface area (Å²) in [7, 11) is 0. The predicted molar refractivity (Wildman–Crippen MR) is 77.1 cm³/mol. The summed E-state index contributed by atoms with van der Waals surface area (Å²) in [4.78, 5) is 0. The molecule has 3 nitrogen and oxygen atoms in total. The topological polar surface area (TPSA) is 52.5 Å². The molecule has 0 aromatic heterocycles. The molecule has 1 aromatic rings. The highest BCUT2D eigenvalue weighted by molar-refractivity contribution is 5.29. The highest BCUT2D eigenvalue weighted by Gasteiger charge is 2.32. The molecule has 0 amide bonds. The lowest BCUT2D eigenvalue weighted by Gasteiger charge is -2.36. The van der Waals surface area contributed by atoms with Crippen LogP contribution in [0.1, 0.15) is 51.1 Å². The summed E-state index contributed by atoms with van der Waals surface area (Å²) >= 11 is 0. The van der Waals surface area contributed by atoms with E-state index in [1.54, 1.807) is 12.1 Å². The van der Waals surface area contributed by atoms with Crippen LogP contribution in [0.15, 0.2) is 24.3 Å². The van der Waals surface area contributed by atoms with Gasteiger partial charge in [-0.2, -0.15) is 0 Å². The Bertz CT molecular complexity index is 421. The molecule has 2 rings (SSSR count). The van der Waals surface area contributed by atoms with E-state index in [4.69, 9.17) is 0 Å². The van der Waals surface area contributed by atoms with E-state index in [9.17, 15) is 10.2 Å². The van der Waals surface area contributed by atoms with Gasteiger partial charge in [-0.3, -0.25) is 0 Å². The van der Waals surface area contributed by atoms with Gasteiger partial charge >= 0.3 is 0 Å². The fourth-order valence-electron chi connectivity index (χ4n) is 3.05. The fraction of sp³-hybridized carbons (Fsp3) is 0.625. The molecule has 3 N–H and O–H groups in total. The van der Waals surface area contributed by atoms with Gasteiger partial charge in [0.25, 0.3) is 0 Å². The Hall–Kier alpha value is -1.06. The Kier molecular flexibility index (Phi) is 4.48. The minimum Gasteiger partial charge on any atom is -0.508 e. The lowest BCUT2D eigenvalue weighted by molar-refractivity contribution is -0.0134. The zero-order valence-electron chi connectivity index (χ0n) is 11.9. The van der Waals surface area contributed by atoms with Gasteiger partial charge in [0.05, 0.1) is 5.60 Å². The van der Waals surface area contributed by atoms with Crippen LogP contribution in [0.3, 0.4) is 0 Å². The molecule has 1 fully saturated rings. The van der Waals surface area contributed by atoms with Crippen molar-refractivity contribution < 1.29 is 10.2 Å². The van der Waals surface area contributed by atoms with Crippen LogP contribution in [0.2, 0.25) is 0 Å². The van der Waals surface area contributed by atoms with E-state index in [1.807, 2.05) is 12.1 Å². The van der Waals surface area contributed by atoms with Crippen molar-refractivity contribution in [3.63, 3.8) is 0 Å². The number of aliphatic hydroxyl groups is 1. The first-order valence-electron chi connectivity index (χ1n) is 7.23. The summed E-state index contributed by atoms with van der Waals surface area (Å²) in [5.74, 6) is 0.896. The van der Waals surface area contributed by atoms with Crippen molar-refractivity contribution in [2.24, 2.45) is 5.92 Å². The van der Waals surface area contributed by atoms with Crippen LogP contribution >= 0.6 is 0 Å². The van der Waals surface area contributed by atoms with Gasteiger partial charge in [0.15, 0.2) is 0 Å². The third-order valence-electron chi connectivity index (χ3n) is 4.17. The molecule has 0 radical (unpaired) electrons. The van der Waals surface area contributed by atoms with Crippen molar-refractivity contribution in [1.29, 1.82) is 0 Å². The maximum absolute atomic E-state index is 10.6. The third-order valence-corrected chi connectivity index (χ3v) is 4.17. The largest absolute Gasteiger partial charge is 0.508 e. The summed E-state index contributed by atoms with van der Waals surface area (Å²) in [6.45, 7) is 4.89. The van der Waals surface area contributed by atoms with Crippen LogP contribution in [0.5, 0.6) is 5.75 Å². The average molecular weight is 263 g/mol. The second-order valence-corrected chi connectivity index (χ2v) is 6.12. The van der Waals surface area contributed by atoms with Gasteiger partial charge in [0.1, 0.15) is 5.75 Å². The minimum atomic E-state index is -0.567. The summed E-state index contributed by atoms with van der Waals surface area (Å²) in [6.07, 6.45) is 4.11. The standard InChI is InChI=1S/C16H25NO2/c1-12-5-4-8-16(19,10-12)11-17-13(2)14-6-3-7-15(18)9-14/h3,6-7,9,12-13,17-19H,4-5,8,10-11H2,1-2H3. The fourth-order valence-corrected chi connectivity index (χ4v) is 3.05. The Labute approximate surface area is 115 Å². The van der Waals surface area contributed by atoms with E-state index >= 15 is 0 Å². The number of hydrogen-bond donors (Lipinski definition) is 3. The molecule has 106 valence electrons. The van der Waals surface area contributed by atoms with Crippen LogP contribution in [0, 0.1) is 5.92 Å². The minimum absolute atomic E-state index is 0.133. The zero-order chi connectivity index (χ0) is 13.9. The SMILES string of the molecule is CC1CCCC(O)(CNC(C)c2cccc(O)c2)C1. The van der Waals surface area contributed by atoms with E-state index in [2.05, 4.69) is 19.2 Å². The van der Waals surface area contributed by atoms with Gasteiger partial charge in [-0.15, -0.1) is 0 Å². The predicted octanol–water partition coefficient (Wildman–Crippen LogP) is 2.98. The molecule has 1 aliphatic rings. The van der Waals surface area contributed by atoms with Crippen LogP contribution < -0.4 is 5.32 Å². The molecule has 0 spiro atoms. The molecule has 3 atom stereocenters. The molecule has 1 aromatic carbocycles. The first-order chi connectivity index (χ1) is 8.98. The number of aromatic hydroxyl groups is 1. The number of rotatable bonds is 4. The zero-order valence-corrected chi connectivity index (χ0v) is 11.9. The van der Waals surface area contributed by atoms with Crippen molar-refractivity contribution in [3.8, 4) is 5.75 Å². The Morgan fingerprint density at radius 3 is 2.95 bits per heavy atom. The quantitative estimate of drug-likeness (QED) is 0.782. The van der Waals surface area contributed by atoms with Gasteiger partial charge < -0.3 is 15.5 Å². The molecule has 3 heteroatoms. The highest BCUT2D eigenvalue weighted by atomic mass is 16.3. The normalized spacial score (nSPS) is 29.1. The van der Waals surface area contributed by atoms with Gasteiger partial charge in [0.2, 0.25) is 0 Å². The van der Waals surface area contributed by atoms with Gasteiger partial charge in [-0.1, -0.05) is 31.9 Å². The van der Waals surface area contributed by atoms with Gasteiger partial charge in [-0.25, -0.2) is 0 Å². The number of benzene rings is 1. The molecule has 1 saturated carbocycles. The van der Waals surface area contributed by atoms with E-state index in [0.29, 0.717) is 12.5 Å². The molecule has 0 saturated heterocycles. The molecule has 0 aliphatic heterocycles. The molecule has 1 aliphatic carbocycles. The van der Waals surface area contributed by atoms with Crippen molar-refractivity contribution in [3.05, 3.63) is 29.8 Å². The van der Waals surface area contributed by atoms with Gasteiger partial charge in [0, 0.05) is 12.6 Å². The molecule has 0 heterocycles. The van der Waals surface area contributed by atoms with E-state index in [1.165, 1.54) is 6.42 Å². The monoisotopic (exact) mass is 263 g/mol. The van der Waals surface area contributed by atoms with Crippen molar-refractivity contribution in [2.45, 2.75) is 51.2 Å². The number of nitrogens with one attached hydrogen (secondary N) is 1. The Balaban J connectivity index is 1.91. The first-order valence-corrected chi connectivity index (χ1v) is 7.23. The molecule has 19 heavy (non-hydrogen) atoms. The van der Waals surface area contributed by atoms with Crippen LogP contribution in [-0.2, 0) is 0 Å². The summed E-state index contributed by atoms with van der Waals surface area (Å²) in [6, 6.07) is 7.41. The second kappa shape index (κ2) is 5.93.